The van der Waals surface area contributed by atoms with Crippen LogP contribution in [0.15, 0.2) is 88.9 Å². The van der Waals surface area contributed by atoms with E-state index in [4.69, 9.17) is 23.2 Å². The standard InChI is InChI=1S/C25H23Cl2N4OP/c1-25(2)19-11-7-8-12-22(19)30(3)24(25)23-16-28-31(18-9-5-4-6-10-18)33(23,32)29-21-15-17(26)13-14-20(21)27/h4-16H,1-3H3,(H,29,32)/b24-23-/t33-/m1/s1. The minimum atomic E-state index is -3.52. The third-order valence-corrected chi connectivity index (χ3v) is 9.14. The summed E-state index contributed by atoms with van der Waals surface area (Å²) in [5, 5.41) is 9.42. The second kappa shape index (κ2) is 7.95. The molecule has 0 bridgehead atoms. The summed E-state index contributed by atoms with van der Waals surface area (Å²) in [6.07, 6.45) is 1.71. The Labute approximate surface area is 203 Å². The van der Waals surface area contributed by atoms with Crippen LogP contribution in [0.2, 0.25) is 10.0 Å². The summed E-state index contributed by atoms with van der Waals surface area (Å²) >= 11 is 12.7. The molecule has 2 aliphatic heterocycles. The molecule has 33 heavy (non-hydrogen) atoms. The van der Waals surface area contributed by atoms with Crippen LogP contribution in [0, 0.1) is 0 Å². The molecular weight excluding hydrogens is 474 g/mol. The molecule has 3 aromatic carbocycles. The second-order valence-corrected chi connectivity index (χ2v) is 11.7. The normalized spacial score (nSPS) is 23.2. The molecule has 1 N–H and O–H groups in total. The first-order valence-electron chi connectivity index (χ1n) is 10.5. The van der Waals surface area contributed by atoms with Crippen LogP contribution in [0.3, 0.4) is 0 Å². The number of rotatable bonds is 3. The summed E-state index contributed by atoms with van der Waals surface area (Å²) in [6.45, 7) is 4.29. The number of nitrogens with zero attached hydrogens (tertiary/aromatic N) is 3. The Morgan fingerprint density at radius 3 is 2.39 bits per heavy atom. The fourth-order valence-electron chi connectivity index (χ4n) is 4.67. The van der Waals surface area contributed by atoms with Gasteiger partial charge in [-0.2, -0.15) is 9.88 Å². The van der Waals surface area contributed by atoms with Gasteiger partial charge in [0.25, 0.3) is 0 Å². The molecule has 0 aromatic heterocycles. The number of likely N-dealkylation sites (N-methyl/N-ethyl adjacent to an activating group) is 1. The second-order valence-electron chi connectivity index (χ2n) is 8.62. The van der Waals surface area contributed by atoms with Crippen LogP contribution >= 0.6 is 30.6 Å². The maximum atomic E-state index is 15.0. The molecule has 168 valence electrons. The van der Waals surface area contributed by atoms with Crippen molar-refractivity contribution in [3.05, 3.63) is 99.4 Å². The Kier molecular flexibility index (Phi) is 5.32. The van der Waals surface area contributed by atoms with Crippen LogP contribution in [-0.4, -0.2) is 13.3 Å². The lowest BCUT2D eigenvalue weighted by atomic mass is 9.84. The van der Waals surface area contributed by atoms with Gasteiger partial charge in [-0.05, 0) is 42.0 Å². The number of para-hydroxylation sites is 2. The van der Waals surface area contributed by atoms with Crippen LogP contribution in [0.5, 0.6) is 0 Å². The summed E-state index contributed by atoms with van der Waals surface area (Å²) < 4.78 is 16.6. The number of fused-ring (bicyclic) bond motifs is 1. The Morgan fingerprint density at radius 2 is 1.67 bits per heavy atom. The van der Waals surface area contributed by atoms with Gasteiger partial charge in [0.05, 0.1) is 27.9 Å². The zero-order valence-electron chi connectivity index (χ0n) is 18.5. The van der Waals surface area contributed by atoms with Gasteiger partial charge >= 0.3 is 7.44 Å². The van der Waals surface area contributed by atoms with E-state index < -0.39 is 7.44 Å². The van der Waals surface area contributed by atoms with E-state index in [-0.39, 0.29) is 5.41 Å². The van der Waals surface area contributed by atoms with Crippen molar-refractivity contribution >= 4 is 53.9 Å². The summed E-state index contributed by atoms with van der Waals surface area (Å²) in [7, 11) is -1.51. The minimum absolute atomic E-state index is 0.380. The molecule has 0 saturated heterocycles. The lowest BCUT2D eigenvalue weighted by Crippen LogP contribution is -2.26. The smallest absolute Gasteiger partial charge is 0.313 e. The van der Waals surface area contributed by atoms with Crippen molar-refractivity contribution in [2.24, 2.45) is 5.10 Å². The number of hydrogen-bond donors (Lipinski definition) is 1. The molecule has 3 aromatic rings. The Morgan fingerprint density at radius 1 is 0.970 bits per heavy atom. The molecule has 0 spiro atoms. The number of hydrazone groups is 1. The maximum Gasteiger partial charge on any atom is 0.313 e. The predicted octanol–water partition coefficient (Wildman–Crippen LogP) is 7.74. The highest BCUT2D eigenvalue weighted by Crippen LogP contribution is 2.65. The van der Waals surface area contributed by atoms with E-state index in [9.17, 15) is 4.57 Å². The van der Waals surface area contributed by atoms with Crippen molar-refractivity contribution in [3.8, 4) is 0 Å². The van der Waals surface area contributed by atoms with Crippen molar-refractivity contribution in [1.82, 2.24) is 0 Å². The number of nitrogens with one attached hydrogen (secondary N) is 1. The highest BCUT2D eigenvalue weighted by Gasteiger charge is 2.48. The molecule has 1 atom stereocenters. The number of halogens is 2. The monoisotopic (exact) mass is 496 g/mol. The quantitative estimate of drug-likeness (QED) is 0.376. The fraction of sp³-hybridized carbons (Fsp3) is 0.160. The lowest BCUT2D eigenvalue weighted by Gasteiger charge is -2.31. The molecule has 0 aliphatic carbocycles. The fourth-order valence-corrected chi connectivity index (χ4v) is 7.58. The number of benzene rings is 3. The van der Waals surface area contributed by atoms with E-state index in [2.05, 4.69) is 41.1 Å². The molecule has 2 aliphatic rings. The van der Waals surface area contributed by atoms with Crippen LogP contribution in [-0.2, 0) is 9.98 Å². The predicted molar refractivity (Wildman–Crippen MR) is 140 cm³/mol. The van der Waals surface area contributed by atoms with Crippen molar-refractivity contribution in [3.63, 3.8) is 0 Å². The molecule has 5 nitrogen and oxygen atoms in total. The molecule has 0 unspecified atom stereocenters. The van der Waals surface area contributed by atoms with Gasteiger partial charge in [-0.15, -0.1) is 0 Å². The van der Waals surface area contributed by atoms with Crippen LogP contribution in [0.1, 0.15) is 19.4 Å². The van der Waals surface area contributed by atoms with E-state index >= 15 is 0 Å². The SMILES string of the molecule is CN1/C(=C2/C=NN(c3ccccc3)[P@]2(=O)Nc2cc(Cl)ccc2Cl)C(C)(C)c2ccccc21. The first kappa shape index (κ1) is 22.1. The topological polar surface area (TPSA) is 47.9 Å². The molecule has 0 fully saturated rings. The highest BCUT2D eigenvalue weighted by molar-refractivity contribution is 7.72. The largest absolute Gasteiger partial charge is 0.346 e. The summed E-state index contributed by atoms with van der Waals surface area (Å²) in [6, 6.07) is 22.8. The first-order chi connectivity index (χ1) is 15.7. The average molecular weight is 497 g/mol. The third kappa shape index (κ3) is 3.47. The van der Waals surface area contributed by atoms with Gasteiger partial charge in [-0.25, -0.2) is 0 Å². The van der Waals surface area contributed by atoms with Gasteiger partial charge in [0.15, 0.2) is 0 Å². The van der Waals surface area contributed by atoms with E-state index in [1.54, 1.807) is 29.2 Å². The van der Waals surface area contributed by atoms with Crippen LogP contribution in [0.25, 0.3) is 0 Å². The summed E-state index contributed by atoms with van der Waals surface area (Å²) in [5.74, 6) is 0. The van der Waals surface area contributed by atoms with E-state index in [1.165, 1.54) is 5.56 Å². The third-order valence-electron chi connectivity index (χ3n) is 6.18. The molecule has 0 saturated carbocycles. The van der Waals surface area contributed by atoms with Gasteiger partial charge in [-0.3, -0.25) is 4.57 Å². The molecule has 5 rings (SSSR count). The van der Waals surface area contributed by atoms with Crippen molar-refractivity contribution in [1.29, 1.82) is 0 Å². The summed E-state index contributed by atoms with van der Waals surface area (Å²) in [4.78, 5) is 2.11. The molecule has 2 heterocycles. The van der Waals surface area contributed by atoms with Gasteiger partial charge in [0.1, 0.15) is 0 Å². The van der Waals surface area contributed by atoms with E-state index in [1.807, 2.05) is 49.5 Å². The molecule has 0 radical (unpaired) electrons. The van der Waals surface area contributed by atoms with Crippen molar-refractivity contribution < 1.29 is 4.57 Å². The molecule has 8 heteroatoms. The van der Waals surface area contributed by atoms with Crippen LogP contribution in [0.4, 0.5) is 17.1 Å². The van der Waals surface area contributed by atoms with Gasteiger partial charge < -0.3 is 9.99 Å². The number of hydrogen-bond acceptors (Lipinski definition) is 3. The molecule has 0 amide bonds. The average Bonchev–Trinajstić information content (AvgIpc) is 3.22. The van der Waals surface area contributed by atoms with E-state index in [0.717, 1.165) is 11.4 Å². The van der Waals surface area contributed by atoms with Gasteiger partial charge in [0.2, 0.25) is 0 Å². The summed E-state index contributed by atoms with van der Waals surface area (Å²) in [5.41, 5.74) is 4.02. The van der Waals surface area contributed by atoms with Crippen LogP contribution < -0.4 is 14.8 Å². The first-order valence-corrected chi connectivity index (χ1v) is 13.0. The number of anilines is 3. The zero-order valence-corrected chi connectivity index (χ0v) is 20.9. The Balaban J connectivity index is 1.73. The Bertz CT molecular complexity index is 1350. The lowest BCUT2D eigenvalue weighted by molar-refractivity contribution is 0.579. The molecular formula is C25H23Cl2N4OP. The maximum absolute atomic E-state index is 15.0. The Hall–Kier alpha value is -2.72. The van der Waals surface area contributed by atoms with Gasteiger partial charge in [-0.1, -0.05) is 73.4 Å². The van der Waals surface area contributed by atoms with E-state index in [0.29, 0.717) is 26.7 Å². The zero-order chi connectivity index (χ0) is 23.4. The highest BCUT2D eigenvalue weighted by atomic mass is 35.5. The van der Waals surface area contributed by atoms with Crippen molar-refractivity contribution in [2.45, 2.75) is 19.3 Å². The van der Waals surface area contributed by atoms with Crippen molar-refractivity contribution in [2.75, 3.05) is 21.8 Å². The number of allylic oxidation sites excluding steroid dienone is 2. The van der Waals surface area contributed by atoms with Gasteiger partial charge in [0, 0.05) is 28.9 Å². The minimum Gasteiger partial charge on any atom is -0.346 e.